The topological polar surface area (TPSA) is 90.6 Å². The molecule has 2 aliphatic heterocycles. The lowest BCUT2D eigenvalue weighted by Crippen LogP contribution is -2.26. The maximum atomic E-state index is 12.2. The molecule has 1 aromatic carbocycles. The summed E-state index contributed by atoms with van der Waals surface area (Å²) in [6.45, 7) is 0.568. The first kappa shape index (κ1) is 13.1. The molecule has 2 N–H and O–H groups in total. The molecule has 7 nitrogen and oxygen atoms in total. The summed E-state index contributed by atoms with van der Waals surface area (Å²) in [5.41, 5.74) is 7.14. The van der Waals surface area contributed by atoms with Gasteiger partial charge in [0.1, 0.15) is 11.0 Å². The van der Waals surface area contributed by atoms with E-state index >= 15 is 0 Å². The van der Waals surface area contributed by atoms with Gasteiger partial charge in [0.15, 0.2) is 11.5 Å². The normalized spacial score (nSPS) is 15.3. The lowest BCUT2D eigenvalue weighted by Gasteiger charge is -2.17. The van der Waals surface area contributed by atoms with Gasteiger partial charge < -0.3 is 15.2 Å². The molecule has 8 heteroatoms. The molecule has 0 saturated heterocycles. The van der Waals surface area contributed by atoms with Gasteiger partial charge in [0, 0.05) is 5.56 Å². The van der Waals surface area contributed by atoms with Crippen LogP contribution in [0.25, 0.3) is 0 Å². The maximum Gasteiger partial charge on any atom is 0.233 e. The van der Waals surface area contributed by atoms with E-state index in [2.05, 4.69) is 9.97 Å². The van der Waals surface area contributed by atoms with Crippen LogP contribution < -0.4 is 20.1 Å². The summed E-state index contributed by atoms with van der Waals surface area (Å²) >= 11 is 6.04. The summed E-state index contributed by atoms with van der Waals surface area (Å²) in [4.78, 5) is 21.8. The highest BCUT2D eigenvalue weighted by atomic mass is 35.5. The molecule has 0 spiro atoms. The van der Waals surface area contributed by atoms with E-state index < -0.39 is 0 Å². The Morgan fingerprint density at radius 1 is 1.27 bits per heavy atom. The number of halogens is 1. The molecule has 22 heavy (non-hydrogen) atoms. The van der Waals surface area contributed by atoms with E-state index in [0.29, 0.717) is 29.4 Å². The van der Waals surface area contributed by atoms with Crippen molar-refractivity contribution in [2.24, 2.45) is 0 Å². The molecule has 0 fully saturated rings. The van der Waals surface area contributed by atoms with Gasteiger partial charge in [-0.25, -0.2) is 4.98 Å². The van der Waals surface area contributed by atoms with E-state index in [0.717, 1.165) is 5.56 Å². The fourth-order valence-electron chi connectivity index (χ4n) is 2.59. The van der Waals surface area contributed by atoms with Crippen molar-refractivity contribution in [2.75, 3.05) is 17.4 Å². The first-order chi connectivity index (χ1) is 10.6. The molecule has 0 bridgehead atoms. The standard InChI is InChI=1S/C14H11ClN4O3/c15-12-8-4-11(20)19(13(8)18-14(16)17-12)5-7-1-2-9-10(3-7)22-6-21-9/h1-3H,4-6H2,(H2,16,17,18). The van der Waals surface area contributed by atoms with Crippen LogP contribution in [-0.2, 0) is 17.8 Å². The number of carbonyl (C=O) groups is 1. The number of aromatic nitrogens is 2. The summed E-state index contributed by atoms with van der Waals surface area (Å²) in [6, 6.07) is 5.55. The molecular formula is C14H11ClN4O3. The minimum Gasteiger partial charge on any atom is -0.454 e. The van der Waals surface area contributed by atoms with Crippen molar-refractivity contribution in [3.63, 3.8) is 0 Å². The van der Waals surface area contributed by atoms with Gasteiger partial charge in [-0.05, 0) is 17.7 Å². The van der Waals surface area contributed by atoms with Crippen molar-refractivity contribution in [2.45, 2.75) is 13.0 Å². The van der Waals surface area contributed by atoms with Crippen molar-refractivity contribution in [1.29, 1.82) is 0 Å². The third-order valence-electron chi connectivity index (χ3n) is 3.61. The van der Waals surface area contributed by atoms with E-state index in [1.54, 1.807) is 4.90 Å². The number of ether oxygens (including phenoxy) is 2. The number of nitrogen functional groups attached to an aromatic ring is 1. The molecule has 1 aromatic heterocycles. The van der Waals surface area contributed by atoms with Crippen LogP contribution in [-0.4, -0.2) is 22.7 Å². The Hall–Kier alpha value is -2.54. The third-order valence-corrected chi connectivity index (χ3v) is 3.93. The third kappa shape index (κ3) is 2.01. The number of amides is 1. The summed E-state index contributed by atoms with van der Waals surface area (Å²) in [6.07, 6.45) is 0.180. The van der Waals surface area contributed by atoms with E-state index in [4.69, 9.17) is 26.8 Å². The number of hydrogen-bond donors (Lipinski definition) is 1. The molecule has 0 saturated carbocycles. The van der Waals surface area contributed by atoms with Gasteiger partial charge in [-0.2, -0.15) is 4.98 Å². The number of nitrogens with two attached hydrogens (primary N) is 1. The summed E-state index contributed by atoms with van der Waals surface area (Å²) in [5, 5.41) is 0.226. The molecule has 4 rings (SSSR count). The van der Waals surface area contributed by atoms with Gasteiger partial charge in [-0.1, -0.05) is 17.7 Å². The molecule has 2 aliphatic rings. The molecule has 3 heterocycles. The summed E-state index contributed by atoms with van der Waals surface area (Å²) in [7, 11) is 0. The number of carbonyl (C=O) groups excluding carboxylic acids is 1. The van der Waals surface area contributed by atoms with Crippen LogP contribution in [0.1, 0.15) is 11.1 Å². The largest absolute Gasteiger partial charge is 0.454 e. The Labute approximate surface area is 130 Å². The van der Waals surface area contributed by atoms with Crippen molar-refractivity contribution < 1.29 is 14.3 Å². The molecule has 112 valence electrons. The minimum atomic E-state index is -0.0885. The van der Waals surface area contributed by atoms with Gasteiger partial charge in [-0.15, -0.1) is 0 Å². The molecule has 2 aromatic rings. The lowest BCUT2D eigenvalue weighted by atomic mass is 10.2. The predicted octanol–water partition coefficient (Wildman–Crippen LogP) is 1.53. The molecule has 0 aliphatic carbocycles. The van der Waals surface area contributed by atoms with E-state index in [1.807, 2.05) is 18.2 Å². The minimum absolute atomic E-state index is 0.0501. The maximum absolute atomic E-state index is 12.2. The van der Waals surface area contributed by atoms with Gasteiger partial charge >= 0.3 is 0 Å². The Kier molecular flexibility index (Phi) is 2.83. The van der Waals surface area contributed by atoms with E-state index in [9.17, 15) is 4.79 Å². The molecule has 0 atom stereocenters. The van der Waals surface area contributed by atoms with Gasteiger partial charge in [-0.3, -0.25) is 9.69 Å². The fraction of sp³-hybridized carbons (Fsp3) is 0.214. The second kappa shape index (κ2) is 4.74. The Balaban J connectivity index is 1.68. The number of anilines is 2. The highest BCUT2D eigenvalue weighted by molar-refractivity contribution is 6.31. The zero-order valence-electron chi connectivity index (χ0n) is 11.4. The number of nitrogens with zero attached hydrogens (tertiary/aromatic N) is 3. The molecular weight excluding hydrogens is 308 g/mol. The number of hydrogen-bond acceptors (Lipinski definition) is 6. The molecule has 0 radical (unpaired) electrons. The van der Waals surface area contributed by atoms with Crippen LogP contribution in [0, 0.1) is 0 Å². The second-order valence-electron chi connectivity index (χ2n) is 5.02. The van der Waals surface area contributed by atoms with E-state index in [-0.39, 0.29) is 30.2 Å². The van der Waals surface area contributed by atoms with Crippen LogP contribution in [0.2, 0.25) is 5.15 Å². The highest BCUT2D eigenvalue weighted by Crippen LogP contribution is 2.36. The van der Waals surface area contributed by atoms with Crippen molar-refractivity contribution >= 4 is 29.3 Å². The summed E-state index contributed by atoms with van der Waals surface area (Å²) in [5.74, 6) is 1.81. The lowest BCUT2D eigenvalue weighted by molar-refractivity contribution is -0.117. The SMILES string of the molecule is Nc1nc(Cl)c2c(n1)N(Cc1ccc3c(c1)OCO3)C(=O)C2. The predicted molar refractivity (Wildman–Crippen MR) is 78.9 cm³/mol. The number of fused-ring (bicyclic) bond motifs is 2. The highest BCUT2D eigenvalue weighted by Gasteiger charge is 2.32. The second-order valence-corrected chi connectivity index (χ2v) is 5.38. The van der Waals surface area contributed by atoms with Crippen LogP contribution in [0.5, 0.6) is 11.5 Å². The average molecular weight is 319 g/mol. The molecule has 1 amide bonds. The van der Waals surface area contributed by atoms with Gasteiger partial charge in [0.05, 0.1) is 13.0 Å². The van der Waals surface area contributed by atoms with Crippen molar-refractivity contribution in [3.8, 4) is 11.5 Å². The summed E-state index contributed by atoms with van der Waals surface area (Å²) < 4.78 is 10.6. The monoisotopic (exact) mass is 318 g/mol. The molecule has 0 unspecified atom stereocenters. The Morgan fingerprint density at radius 2 is 2.09 bits per heavy atom. The Morgan fingerprint density at radius 3 is 2.95 bits per heavy atom. The van der Waals surface area contributed by atoms with Gasteiger partial charge in [0.2, 0.25) is 18.6 Å². The van der Waals surface area contributed by atoms with E-state index in [1.165, 1.54) is 0 Å². The van der Waals surface area contributed by atoms with Crippen LogP contribution in [0.4, 0.5) is 11.8 Å². The van der Waals surface area contributed by atoms with Crippen LogP contribution in [0.3, 0.4) is 0 Å². The first-order valence-corrected chi connectivity index (χ1v) is 7.00. The van der Waals surface area contributed by atoms with Crippen molar-refractivity contribution in [1.82, 2.24) is 9.97 Å². The zero-order valence-corrected chi connectivity index (χ0v) is 12.1. The number of rotatable bonds is 2. The van der Waals surface area contributed by atoms with Crippen molar-refractivity contribution in [3.05, 3.63) is 34.5 Å². The number of benzene rings is 1. The Bertz CT molecular complexity index is 796. The van der Waals surface area contributed by atoms with Gasteiger partial charge in [0.25, 0.3) is 0 Å². The van der Waals surface area contributed by atoms with Crippen LogP contribution >= 0.6 is 11.6 Å². The zero-order chi connectivity index (χ0) is 15.3. The smallest absolute Gasteiger partial charge is 0.233 e. The quantitative estimate of drug-likeness (QED) is 0.844. The van der Waals surface area contributed by atoms with Crippen LogP contribution in [0.15, 0.2) is 18.2 Å². The fourth-order valence-corrected chi connectivity index (χ4v) is 2.82. The average Bonchev–Trinajstić information content (AvgIpc) is 3.05. The first-order valence-electron chi connectivity index (χ1n) is 6.62.